The number of rotatable bonds is 3. The summed E-state index contributed by atoms with van der Waals surface area (Å²) in [6.45, 7) is 1.60. The summed E-state index contributed by atoms with van der Waals surface area (Å²) in [4.78, 5) is 15.5. The maximum atomic E-state index is 12.4. The third-order valence-electron chi connectivity index (χ3n) is 5.16. The van der Waals surface area contributed by atoms with Gasteiger partial charge in [-0.25, -0.2) is 0 Å². The standard InChI is InChI=1S/C21H20N2O3/c24-21-16(9-15-8-13-2-1-3-14(13)10-18(15)23-21)12-22-17-4-5-19-20(11-17)26-7-6-25-19/h4-5,8-11,22H,1-3,6-7,12H2,(H,23,24). The van der Waals surface area contributed by atoms with E-state index in [9.17, 15) is 4.79 Å². The van der Waals surface area contributed by atoms with Crippen LogP contribution in [0.25, 0.3) is 10.9 Å². The maximum Gasteiger partial charge on any atom is 0.253 e. The van der Waals surface area contributed by atoms with Crippen molar-refractivity contribution in [2.45, 2.75) is 25.8 Å². The normalized spacial score (nSPS) is 15.1. The molecule has 0 radical (unpaired) electrons. The van der Waals surface area contributed by atoms with Gasteiger partial charge >= 0.3 is 0 Å². The third-order valence-corrected chi connectivity index (χ3v) is 5.16. The summed E-state index contributed by atoms with van der Waals surface area (Å²) in [5, 5.41) is 4.41. The van der Waals surface area contributed by atoms with Crippen molar-refractivity contribution < 1.29 is 9.47 Å². The van der Waals surface area contributed by atoms with Crippen LogP contribution in [0.5, 0.6) is 11.5 Å². The molecule has 26 heavy (non-hydrogen) atoms. The van der Waals surface area contributed by atoms with Crippen LogP contribution in [0, 0.1) is 0 Å². The Labute approximate surface area is 151 Å². The molecule has 2 aromatic carbocycles. The van der Waals surface area contributed by atoms with E-state index in [1.54, 1.807) is 0 Å². The lowest BCUT2D eigenvalue weighted by atomic mass is 10.0. The van der Waals surface area contributed by atoms with Gasteiger partial charge in [0.25, 0.3) is 5.56 Å². The SMILES string of the molecule is O=c1[nH]c2cc3c(cc2cc1CNc1ccc2c(c1)OCCO2)CCC3. The molecule has 5 nitrogen and oxygen atoms in total. The van der Waals surface area contributed by atoms with Gasteiger partial charge in [0.05, 0.1) is 0 Å². The van der Waals surface area contributed by atoms with Gasteiger partial charge in [-0.15, -0.1) is 0 Å². The van der Waals surface area contributed by atoms with Crippen LogP contribution >= 0.6 is 0 Å². The van der Waals surface area contributed by atoms with Crippen LogP contribution in [0.1, 0.15) is 23.1 Å². The van der Waals surface area contributed by atoms with E-state index in [0.29, 0.717) is 19.8 Å². The first-order valence-corrected chi connectivity index (χ1v) is 9.07. The Bertz CT molecular complexity index is 1060. The molecular weight excluding hydrogens is 328 g/mol. The van der Waals surface area contributed by atoms with E-state index in [2.05, 4.69) is 22.4 Å². The van der Waals surface area contributed by atoms with Crippen molar-refractivity contribution in [1.82, 2.24) is 4.98 Å². The van der Waals surface area contributed by atoms with Crippen molar-refractivity contribution in [3.8, 4) is 11.5 Å². The molecule has 5 heteroatoms. The number of aromatic amines is 1. The van der Waals surface area contributed by atoms with Gasteiger partial charge in [-0.1, -0.05) is 0 Å². The van der Waals surface area contributed by atoms with Crippen LogP contribution in [-0.4, -0.2) is 18.2 Å². The topological polar surface area (TPSA) is 63.4 Å². The van der Waals surface area contributed by atoms with Gasteiger partial charge < -0.3 is 19.8 Å². The molecule has 0 amide bonds. The number of benzene rings is 2. The minimum absolute atomic E-state index is 0.0412. The fourth-order valence-corrected chi connectivity index (χ4v) is 3.81. The van der Waals surface area contributed by atoms with Crippen molar-refractivity contribution in [1.29, 1.82) is 0 Å². The Hall–Kier alpha value is -2.95. The van der Waals surface area contributed by atoms with Gasteiger partial charge in [-0.2, -0.15) is 0 Å². The predicted molar refractivity (Wildman–Crippen MR) is 101 cm³/mol. The summed E-state index contributed by atoms with van der Waals surface area (Å²) in [5.41, 5.74) is 5.30. The lowest BCUT2D eigenvalue weighted by Gasteiger charge is -2.19. The molecule has 2 aliphatic rings. The first-order valence-electron chi connectivity index (χ1n) is 9.07. The second kappa shape index (κ2) is 6.09. The summed E-state index contributed by atoms with van der Waals surface area (Å²) in [7, 11) is 0. The van der Waals surface area contributed by atoms with E-state index < -0.39 is 0 Å². The minimum atomic E-state index is -0.0412. The predicted octanol–water partition coefficient (Wildman–Crippen LogP) is 3.40. The number of anilines is 1. The van der Waals surface area contributed by atoms with Crippen molar-refractivity contribution >= 4 is 16.6 Å². The van der Waals surface area contributed by atoms with Gasteiger partial charge in [0.1, 0.15) is 13.2 Å². The summed E-state index contributed by atoms with van der Waals surface area (Å²) >= 11 is 0. The molecule has 0 fully saturated rings. The van der Waals surface area contributed by atoms with E-state index in [-0.39, 0.29) is 5.56 Å². The summed E-state index contributed by atoms with van der Waals surface area (Å²) in [6.07, 6.45) is 3.45. The molecule has 1 aliphatic carbocycles. The number of hydrogen-bond acceptors (Lipinski definition) is 4. The van der Waals surface area contributed by atoms with Crippen molar-refractivity contribution in [2.24, 2.45) is 0 Å². The van der Waals surface area contributed by atoms with Crippen LogP contribution < -0.4 is 20.3 Å². The zero-order valence-corrected chi connectivity index (χ0v) is 14.4. The van der Waals surface area contributed by atoms with E-state index in [1.807, 2.05) is 24.3 Å². The van der Waals surface area contributed by atoms with E-state index >= 15 is 0 Å². The second-order valence-corrected chi connectivity index (χ2v) is 6.90. The Morgan fingerprint density at radius 3 is 2.65 bits per heavy atom. The lowest BCUT2D eigenvalue weighted by molar-refractivity contribution is 0.171. The quantitative estimate of drug-likeness (QED) is 0.761. The highest BCUT2D eigenvalue weighted by atomic mass is 16.6. The first-order chi connectivity index (χ1) is 12.8. The van der Waals surface area contributed by atoms with Crippen LogP contribution in [-0.2, 0) is 19.4 Å². The highest BCUT2D eigenvalue weighted by Crippen LogP contribution is 2.32. The highest BCUT2D eigenvalue weighted by Gasteiger charge is 2.14. The fraction of sp³-hybridized carbons (Fsp3) is 0.286. The smallest absolute Gasteiger partial charge is 0.253 e. The molecule has 2 heterocycles. The van der Waals surface area contributed by atoms with E-state index in [4.69, 9.17) is 9.47 Å². The molecule has 1 aromatic heterocycles. The molecule has 0 saturated heterocycles. The monoisotopic (exact) mass is 348 g/mol. The van der Waals surface area contributed by atoms with E-state index in [1.165, 1.54) is 17.5 Å². The molecular formula is C21H20N2O3. The van der Waals surface area contributed by atoms with Gasteiger partial charge in [-0.05, 0) is 66.1 Å². The number of H-pyrrole nitrogens is 1. The van der Waals surface area contributed by atoms with Gasteiger partial charge in [-0.3, -0.25) is 4.79 Å². The average molecular weight is 348 g/mol. The minimum Gasteiger partial charge on any atom is -0.486 e. The molecule has 0 unspecified atom stereocenters. The van der Waals surface area contributed by atoms with E-state index in [0.717, 1.165) is 46.5 Å². The molecule has 1 aliphatic heterocycles. The second-order valence-electron chi connectivity index (χ2n) is 6.90. The number of nitrogens with one attached hydrogen (secondary N) is 2. The van der Waals surface area contributed by atoms with Crippen LogP contribution in [0.4, 0.5) is 5.69 Å². The molecule has 3 aromatic rings. The van der Waals surface area contributed by atoms with Gasteiger partial charge in [0.2, 0.25) is 0 Å². The van der Waals surface area contributed by atoms with Crippen LogP contribution in [0.15, 0.2) is 41.2 Å². The number of fused-ring (bicyclic) bond motifs is 3. The van der Waals surface area contributed by atoms with Crippen LogP contribution in [0.3, 0.4) is 0 Å². The zero-order valence-electron chi connectivity index (χ0n) is 14.4. The molecule has 2 N–H and O–H groups in total. The molecule has 0 spiro atoms. The number of aromatic nitrogens is 1. The van der Waals surface area contributed by atoms with Gasteiger partial charge in [0.15, 0.2) is 11.5 Å². The number of aryl methyl sites for hydroxylation is 2. The van der Waals surface area contributed by atoms with Crippen molar-refractivity contribution in [3.05, 3.63) is 63.4 Å². The lowest BCUT2D eigenvalue weighted by Crippen LogP contribution is -2.17. The summed E-state index contributed by atoms with van der Waals surface area (Å²) in [5.74, 6) is 1.50. The average Bonchev–Trinajstić information content (AvgIpc) is 3.11. The zero-order chi connectivity index (χ0) is 17.5. The molecule has 0 saturated carbocycles. The Balaban J connectivity index is 1.41. The Morgan fingerprint density at radius 2 is 1.77 bits per heavy atom. The molecule has 5 rings (SSSR count). The van der Waals surface area contributed by atoms with Crippen molar-refractivity contribution in [3.63, 3.8) is 0 Å². The molecule has 132 valence electrons. The maximum absolute atomic E-state index is 12.4. The van der Waals surface area contributed by atoms with Crippen molar-refractivity contribution in [2.75, 3.05) is 18.5 Å². The summed E-state index contributed by atoms with van der Waals surface area (Å²) < 4.78 is 11.1. The largest absolute Gasteiger partial charge is 0.486 e. The molecule has 0 bridgehead atoms. The summed E-state index contributed by atoms with van der Waals surface area (Å²) in [6, 6.07) is 12.1. The first kappa shape index (κ1) is 15.3. The van der Waals surface area contributed by atoms with Crippen LogP contribution in [0.2, 0.25) is 0 Å². The Morgan fingerprint density at radius 1 is 0.962 bits per heavy atom. The number of pyridine rings is 1. The fourth-order valence-electron chi connectivity index (χ4n) is 3.81. The number of hydrogen-bond donors (Lipinski definition) is 2. The van der Waals surface area contributed by atoms with Gasteiger partial charge in [0, 0.05) is 29.4 Å². The highest BCUT2D eigenvalue weighted by molar-refractivity contribution is 5.81. The number of ether oxygens (including phenoxy) is 2. The molecule has 0 atom stereocenters. The Kier molecular flexibility index (Phi) is 3.59. The third kappa shape index (κ3) is 2.69.